The Labute approximate surface area is 162 Å². The summed E-state index contributed by atoms with van der Waals surface area (Å²) in [6.45, 7) is 5.61. The van der Waals surface area contributed by atoms with E-state index in [-0.39, 0.29) is 11.8 Å². The van der Waals surface area contributed by atoms with Gasteiger partial charge in [0.25, 0.3) is 0 Å². The van der Waals surface area contributed by atoms with Gasteiger partial charge < -0.3 is 10.0 Å². The van der Waals surface area contributed by atoms with E-state index < -0.39 is 6.10 Å². The number of amides is 1. The van der Waals surface area contributed by atoms with Gasteiger partial charge in [-0.3, -0.25) is 9.69 Å². The summed E-state index contributed by atoms with van der Waals surface area (Å²) in [7, 11) is 0. The van der Waals surface area contributed by atoms with Gasteiger partial charge in [-0.2, -0.15) is 0 Å². The molecule has 4 heteroatoms. The minimum atomic E-state index is -0.408. The Hall–Kier alpha value is -2.17. The Morgan fingerprint density at radius 3 is 2.26 bits per heavy atom. The Kier molecular flexibility index (Phi) is 7.02. The third-order valence-corrected chi connectivity index (χ3v) is 5.53. The van der Waals surface area contributed by atoms with Gasteiger partial charge in [-0.05, 0) is 49.9 Å². The lowest BCUT2D eigenvalue weighted by molar-refractivity contribution is -0.133. The van der Waals surface area contributed by atoms with Gasteiger partial charge in [-0.1, -0.05) is 60.7 Å². The van der Waals surface area contributed by atoms with Gasteiger partial charge in [0.2, 0.25) is 5.91 Å². The van der Waals surface area contributed by atoms with Crippen LogP contribution < -0.4 is 0 Å². The van der Waals surface area contributed by atoms with E-state index in [4.69, 9.17) is 0 Å². The number of nitrogens with zero attached hydrogens (tertiary/aromatic N) is 2. The van der Waals surface area contributed by atoms with E-state index >= 15 is 0 Å². The van der Waals surface area contributed by atoms with Crippen LogP contribution in [0.5, 0.6) is 0 Å². The minimum absolute atomic E-state index is 0.184. The molecule has 1 N–H and O–H groups in total. The first kappa shape index (κ1) is 19.6. The lowest BCUT2D eigenvalue weighted by atomic mass is 9.87. The first-order valence-corrected chi connectivity index (χ1v) is 9.94. The third kappa shape index (κ3) is 5.41. The van der Waals surface area contributed by atoms with Crippen molar-refractivity contribution >= 4 is 5.91 Å². The zero-order chi connectivity index (χ0) is 19.1. The van der Waals surface area contributed by atoms with Crippen LogP contribution in [0.15, 0.2) is 60.7 Å². The molecular formula is C23H30N2O2. The van der Waals surface area contributed by atoms with E-state index in [0.29, 0.717) is 13.1 Å². The molecule has 1 saturated heterocycles. The van der Waals surface area contributed by atoms with Gasteiger partial charge in [0.1, 0.15) is 0 Å². The van der Waals surface area contributed by atoms with Crippen molar-refractivity contribution in [1.82, 2.24) is 9.80 Å². The number of aliphatic hydroxyl groups excluding tert-OH is 1. The number of likely N-dealkylation sites (tertiary alicyclic amines) is 1. The van der Waals surface area contributed by atoms with Gasteiger partial charge in [0, 0.05) is 13.1 Å². The average Bonchev–Trinajstić information content (AvgIpc) is 2.73. The van der Waals surface area contributed by atoms with Crippen molar-refractivity contribution in [2.45, 2.75) is 32.4 Å². The molecule has 1 aliphatic rings. The number of benzene rings is 2. The summed E-state index contributed by atoms with van der Waals surface area (Å²) in [5.41, 5.74) is 2.16. The van der Waals surface area contributed by atoms with Crippen LogP contribution in [0.4, 0.5) is 0 Å². The quantitative estimate of drug-likeness (QED) is 0.816. The fraction of sp³-hybridized carbons (Fsp3) is 0.435. The van der Waals surface area contributed by atoms with Gasteiger partial charge >= 0.3 is 0 Å². The van der Waals surface area contributed by atoms with Crippen molar-refractivity contribution in [1.29, 1.82) is 0 Å². The number of hydrogen-bond acceptors (Lipinski definition) is 3. The first-order valence-electron chi connectivity index (χ1n) is 9.94. The predicted octanol–water partition coefficient (Wildman–Crippen LogP) is 3.48. The molecule has 1 heterocycles. The van der Waals surface area contributed by atoms with Gasteiger partial charge in [-0.15, -0.1) is 0 Å². The lowest BCUT2D eigenvalue weighted by Crippen LogP contribution is -2.43. The highest BCUT2D eigenvalue weighted by Crippen LogP contribution is 2.30. The maximum absolute atomic E-state index is 12.7. The molecule has 144 valence electrons. The molecule has 0 radical (unpaired) electrons. The number of piperidine rings is 1. The van der Waals surface area contributed by atoms with Crippen molar-refractivity contribution in [3.63, 3.8) is 0 Å². The second-order valence-corrected chi connectivity index (χ2v) is 7.36. The van der Waals surface area contributed by atoms with E-state index in [1.165, 1.54) is 0 Å². The molecule has 3 rings (SSSR count). The first-order chi connectivity index (χ1) is 13.2. The number of carbonyl (C=O) groups is 1. The Morgan fingerprint density at radius 2 is 1.67 bits per heavy atom. The highest BCUT2D eigenvalue weighted by atomic mass is 16.3. The molecule has 1 fully saturated rings. The fourth-order valence-corrected chi connectivity index (χ4v) is 3.82. The standard InChI is InChI=1S/C23H30N2O2/c1-2-25(17-19-9-5-3-6-10-19)22(26)18-24-15-13-21(14-16-24)23(27)20-11-7-4-8-12-20/h3-12,21,23,27H,2,13-18H2,1H3. The summed E-state index contributed by atoms with van der Waals surface area (Å²) in [5, 5.41) is 10.6. The van der Waals surface area contributed by atoms with E-state index in [1.807, 2.05) is 60.4 Å². The normalized spacial score (nSPS) is 16.8. The monoisotopic (exact) mass is 366 g/mol. The summed E-state index contributed by atoms with van der Waals surface area (Å²) in [4.78, 5) is 16.9. The second kappa shape index (κ2) is 9.67. The van der Waals surface area contributed by atoms with Crippen molar-refractivity contribution in [3.8, 4) is 0 Å². The number of aliphatic hydroxyl groups is 1. The number of rotatable bonds is 7. The van der Waals surface area contributed by atoms with Crippen LogP contribution in [0, 0.1) is 5.92 Å². The summed E-state index contributed by atoms with van der Waals surface area (Å²) in [6, 6.07) is 20.0. The van der Waals surface area contributed by atoms with Crippen LogP contribution >= 0.6 is 0 Å². The highest BCUT2D eigenvalue weighted by molar-refractivity contribution is 5.78. The van der Waals surface area contributed by atoms with Crippen LogP contribution in [-0.2, 0) is 11.3 Å². The van der Waals surface area contributed by atoms with Crippen LogP contribution in [0.3, 0.4) is 0 Å². The molecule has 0 spiro atoms. The van der Waals surface area contributed by atoms with Crippen LogP contribution in [0.25, 0.3) is 0 Å². The molecule has 0 saturated carbocycles. The van der Waals surface area contributed by atoms with Crippen molar-refractivity contribution < 1.29 is 9.90 Å². The Bertz CT molecular complexity index is 697. The second-order valence-electron chi connectivity index (χ2n) is 7.36. The van der Waals surface area contributed by atoms with Gasteiger partial charge in [-0.25, -0.2) is 0 Å². The molecule has 1 atom stereocenters. The SMILES string of the molecule is CCN(Cc1ccccc1)C(=O)CN1CCC(C(O)c2ccccc2)CC1. The lowest BCUT2D eigenvalue weighted by Gasteiger charge is -2.35. The third-order valence-electron chi connectivity index (χ3n) is 5.53. The smallest absolute Gasteiger partial charge is 0.237 e. The molecule has 1 unspecified atom stereocenters. The summed E-state index contributed by atoms with van der Waals surface area (Å²) < 4.78 is 0. The molecule has 0 bridgehead atoms. The molecule has 0 aromatic heterocycles. The topological polar surface area (TPSA) is 43.8 Å². The molecule has 0 aliphatic carbocycles. The van der Waals surface area contributed by atoms with Gasteiger partial charge in [0.05, 0.1) is 12.6 Å². The van der Waals surface area contributed by atoms with Crippen LogP contribution in [0.2, 0.25) is 0 Å². The Morgan fingerprint density at radius 1 is 1.07 bits per heavy atom. The van der Waals surface area contributed by atoms with Crippen molar-refractivity contribution in [3.05, 3.63) is 71.8 Å². The van der Waals surface area contributed by atoms with Crippen molar-refractivity contribution in [2.24, 2.45) is 5.92 Å². The molecule has 2 aromatic rings. The molecule has 1 amide bonds. The molecule has 27 heavy (non-hydrogen) atoms. The average molecular weight is 367 g/mol. The highest BCUT2D eigenvalue weighted by Gasteiger charge is 2.27. The number of carbonyl (C=O) groups excluding carboxylic acids is 1. The maximum atomic E-state index is 12.7. The molecular weight excluding hydrogens is 336 g/mol. The zero-order valence-electron chi connectivity index (χ0n) is 16.1. The van der Waals surface area contributed by atoms with E-state index in [2.05, 4.69) is 17.0 Å². The largest absolute Gasteiger partial charge is 0.388 e. The summed E-state index contributed by atoms with van der Waals surface area (Å²) in [6.07, 6.45) is 1.44. The van der Waals surface area contributed by atoms with E-state index in [0.717, 1.165) is 43.6 Å². The van der Waals surface area contributed by atoms with Crippen LogP contribution in [0.1, 0.15) is 37.0 Å². The predicted molar refractivity (Wildman–Crippen MR) is 108 cm³/mol. The maximum Gasteiger partial charge on any atom is 0.237 e. The Balaban J connectivity index is 1.48. The number of likely N-dealkylation sites (N-methyl/N-ethyl adjacent to an activating group) is 1. The van der Waals surface area contributed by atoms with Crippen molar-refractivity contribution in [2.75, 3.05) is 26.2 Å². The molecule has 1 aliphatic heterocycles. The molecule has 2 aromatic carbocycles. The van der Waals surface area contributed by atoms with Gasteiger partial charge in [0.15, 0.2) is 0 Å². The van der Waals surface area contributed by atoms with Crippen LogP contribution in [-0.4, -0.2) is 47.0 Å². The van der Waals surface area contributed by atoms with E-state index in [9.17, 15) is 9.90 Å². The fourth-order valence-electron chi connectivity index (χ4n) is 3.82. The zero-order valence-corrected chi connectivity index (χ0v) is 16.1. The summed E-state index contributed by atoms with van der Waals surface area (Å²) >= 11 is 0. The van der Waals surface area contributed by atoms with E-state index in [1.54, 1.807) is 0 Å². The summed E-state index contributed by atoms with van der Waals surface area (Å²) in [5.74, 6) is 0.453. The molecule has 4 nitrogen and oxygen atoms in total. The number of hydrogen-bond donors (Lipinski definition) is 1. The minimum Gasteiger partial charge on any atom is -0.388 e.